The van der Waals surface area contributed by atoms with Crippen LogP contribution in [0.2, 0.25) is 0 Å². The Kier molecular flexibility index (Phi) is 5.70. The van der Waals surface area contributed by atoms with Gasteiger partial charge < -0.3 is 9.64 Å². The minimum atomic E-state index is -0.204. The monoisotopic (exact) mass is 565 g/mol. The van der Waals surface area contributed by atoms with E-state index in [2.05, 4.69) is 146 Å². The van der Waals surface area contributed by atoms with Crippen LogP contribution in [0.3, 0.4) is 0 Å². The van der Waals surface area contributed by atoms with E-state index in [1.54, 1.807) is 0 Å². The lowest BCUT2D eigenvalue weighted by atomic mass is 9.75. The van der Waals surface area contributed by atoms with Gasteiger partial charge in [-0.3, -0.25) is 0 Å². The molecule has 0 unspecified atom stereocenters. The maximum Gasteiger partial charge on any atom is 0.155 e. The summed E-state index contributed by atoms with van der Waals surface area (Å²) in [5.41, 5.74) is 5.52. The van der Waals surface area contributed by atoms with Crippen molar-refractivity contribution in [2.24, 2.45) is 0 Å². The number of fused-ring (bicyclic) bond motifs is 5. The van der Waals surface area contributed by atoms with Crippen molar-refractivity contribution >= 4 is 51.4 Å². The van der Waals surface area contributed by atoms with Crippen molar-refractivity contribution in [2.75, 3.05) is 4.90 Å². The van der Waals surface area contributed by atoms with Gasteiger partial charge in [0.25, 0.3) is 0 Å². The molecule has 2 nitrogen and oxygen atoms in total. The highest BCUT2D eigenvalue weighted by atomic mass is 32.2. The highest BCUT2D eigenvalue weighted by Gasteiger charge is 2.37. The van der Waals surface area contributed by atoms with Crippen LogP contribution in [-0.2, 0) is 5.41 Å². The van der Waals surface area contributed by atoms with Gasteiger partial charge in [-0.25, -0.2) is 0 Å². The molecule has 41 heavy (non-hydrogen) atoms. The number of rotatable bonds is 3. The standard InChI is InChI=1S/C37H27NOS2/c1-37(2)26-15-5-6-20-31(26)39-35-27(37)16-10-18-29(35)38(28-17-9-13-24-12-3-4-14-25(24)28)30-19-11-23-34-36(30)41-33-22-8-7-21-32(33)40-34/h3-23H,1-2H3. The number of benzene rings is 6. The van der Waals surface area contributed by atoms with E-state index < -0.39 is 0 Å². The van der Waals surface area contributed by atoms with Gasteiger partial charge in [0.1, 0.15) is 5.75 Å². The number of para-hydroxylation sites is 2. The van der Waals surface area contributed by atoms with Crippen molar-refractivity contribution in [3.63, 3.8) is 0 Å². The van der Waals surface area contributed by atoms with E-state index in [0.29, 0.717) is 0 Å². The highest BCUT2D eigenvalue weighted by molar-refractivity contribution is 8.05. The molecule has 0 radical (unpaired) electrons. The van der Waals surface area contributed by atoms with Crippen LogP contribution in [0, 0.1) is 0 Å². The maximum atomic E-state index is 6.83. The first-order valence-corrected chi connectivity index (χ1v) is 15.5. The average Bonchev–Trinajstić information content (AvgIpc) is 3.01. The first-order valence-electron chi connectivity index (χ1n) is 13.9. The molecule has 0 saturated heterocycles. The zero-order valence-electron chi connectivity index (χ0n) is 22.8. The van der Waals surface area contributed by atoms with Gasteiger partial charge in [-0.2, -0.15) is 0 Å². The highest BCUT2D eigenvalue weighted by Crippen LogP contribution is 2.57. The second kappa shape index (κ2) is 9.47. The minimum Gasteiger partial charge on any atom is -0.455 e. The summed E-state index contributed by atoms with van der Waals surface area (Å²) in [4.78, 5) is 7.55. The molecule has 2 aliphatic rings. The molecule has 0 saturated carbocycles. The number of hydrogen-bond donors (Lipinski definition) is 0. The fourth-order valence-electron chi connectivity index (χ4n) is 6.13. The molecule has 198 valence electrons. The zero-order valence-corrected chi connectivity index (χ0v) is 24.4. The first-order chi connectivity index (χ1) is 20.1. The van der Waals surface area contributed by atoms with Crippen LogP contribution in [0.25, 0.3) is 10.8 Å². The van der Waals surface area contributed by atoms with E-state index in [9.17, 15) is 0 Å². The summed E-state index contributed by atoms with van der Waals surface area (Å²) in [6, 6.07) is 45.6. The van der Waals surface area contributed by atoms with Gasteiger partial charge in [-0.05, 0) is 47.9 Å². The Morgan fingerprint density at radius 2 is 1.15 bits per heavy atom. The molecule has 6 aromatic carbocycles. The second-order valence-corrected chi connectivity index (χ2v) is 13.1. The lowest BCUT2D eigenvalue weighted by Gasteiger charge is -2.38. The molecular weight excluding hydrogens is 539 g/mol. The van der Waals surface area contributed by atoms with E-state index in [0.717, 1.165) is 28.6 Å². The van der Waals surface area contributed by atoms with Gasteiger partial charge in [0.15, 0.2) is 5.75 Å². The Morgan fingerprint density at radius 3 is 2.05 bits per heavy atom. The summed E-state index contributed by atoms with van der Waals surface area (Å²) in [7, 11) is 0. The number of nitrogens with zero attached hydrogens (tertiary/aromatic N) is 1. The van der Waals surface area contributed by atoms with Crippen molar-refractivity contribution in [3.05, 3.63) is 139 Å². The van der Waals surface area contributed by atoms with Crippen LogP contribution in [-0.4, -0.2) is 0 Å². The first kappa shape index (κ1) is 24.7. The Hall–Kier alpha value is -4.12. The summed E-state index contributed by atoms with van der Waals surface area (Å²) >= 11 is 3.70. The Labute approximate surface area is 249 Å². The van der Waals surface area contributed by atoms with Crippen LogP contribution in [0.15, 0.2) is 147 Å². The normalized spacial score (nSPS) is 14.3. The summed E-state index contributed by atoms with van der Waals surface area (Å²) < 4.78 is 6.83. The van der Waals surface area contributed by atoms with Gasteiger partial charge in [-0.1, -0.05) is 122 Å². The summed E-state index contributed by atoms with van der Waals surface area (Å²) in [6.07, 6.45) is 0. The Balaban J connectivity index is 1.41. The summed E-state index contributed by atoms with van der Waals surface area (Å²) in [5.74, 6) is 1.83. The third-order valence-corrected chi connectivity index (χ3v) is 10.8. The van der Waals surface area contributed by atoms with Gasteiger partial charge in [0, 0.05) is 36.6 Å². The van der Waals surface area contributed by atoms with Crippen molar-refractivity contribution in [3.8, 4) is 11.5 Å². The lowest BCUT2D eigenvalue weighted by molar-refractivity contribution is 0.419. The fraction of sp³-hybridized carbons (Fsp3) is 0.0811. The fourth-order valence-corrected chi connectivity index (χ4v) is 8.49. The number of anilines is 3. The van der Waals surface area contributed by atoms with Gasteiger partial charge in [-0.15, -0.1) is 0 Å². The summed E-state index contributed by atoms with van der Waals surface area (Å²) in [5, 5.41) is 2.41. The molecule has 0 spiro atoms. The largest absolute Gasteiger partial charge is 0.455 e. The van der Waals surface area contributed by atoms with Crippen LogP contribution in [0.4, 0.5) is 17.1 Å². The zero-order chi connectivity index (χ0) is 27.6. The van der Waals surface area contributed by atoms with Crippen LogP contribution in [0.5, 0.6) is 11.5 Å². The van der Waals surface area contributed by atoms with Crippen molar-refractivity contribution in [2.45, 2.75) is 38.8 Å². The molecule has 0 atom stereocenters. The molecule has 2 aliphatic heterocycles. The molecule has 8 rings (SSSR count). The second-order valence-electron chi connectivity index (χ2n) is 11.0. The molecule has 0 amide bonds. The van der Waals surface area contributed by atoms with E-state index in [4.69, 9.17) is 4.74 Å². The molecular formula is C37H27NOS2. The molecule has 2 heterocycles. The molecule has 0 aliphatic carbocycles. The van der Waals surface area contributed by atoms with E-state index in [-0.39, 0.29) is 5.41 Å². The molecule has 0 fully saturated rings. The molecule has 0 aromatic heterocycles. The molecule has 0 bridgehead atoms. The average molecular weight is 566 g/mol. The van der Waals surface area contributed by atoms with Crippen molar-refractivity contribution in [1.29, 1.82) is 0 Å². The van der Waals surface area contributed by atoms with Gasteiger partial charge >= 0.3 is 0 Å². The van der Waals surface area contributed by atoms with Crippen LogP contribution < -0.4 is 9.64 Å². The van der Waals surface area contributed by atoms with E-state index >= 15 is 0 Å². The predicted molar refractivity (Wildman–Crippen MR) is 172 cm³/mol. The quantitative estimate of drug-likeness (QED) is 0.211. The van der Waals surface area contributed by atoms with Crippen molar-refractivity contribution < 1.29 is 4.74 Å². The number of hydrogen-bond acceptors (Lipinski definition) is 4. The van der Waals surface area contributed by atoms with Crippen molar-refractivity contribution in [1.82, 2.24) is 0 Å². The maximum absolute atomic E-state index is 6.83. The third kappa shape index (κ3) is 3.89. The predicted octanol–water partition coefficient (Wildman–Crippen LogP) is 11.4. The minimum absolute atomic E-state index is 0.204. The lowest BCUT2D eigenvalue weighted by Crippen LogP contribution is -2.25. The van der Waals surface area contributed by atoms with Gasteiger partial charge in [0.2, 0.25) is 0 Å². The topological polar surface area (TPSA) is 12.5 Å². The smallest absolute Gasteiger partial charge is 0.155 e. The van der Waals surface area contributed by atoms with Gasteiger partial charge in [0.05, 0.1) is 22.0 Å². The number of ether oxygens (including phenoxy) is 1. The molecule has 0 N–H and O–H groups in total. The van der Waals surface area contributed by atoms with E-state index in [1.165, 1.54) is 41.5 Å². The molecule has 6 aromatic rings. The summed E-state index contributed by atoms with van der Waals surface area (Å²) in [6.45, 7) is 4.60. The third-order valence-electron chi connectivity index (χ3n) is 8.17. The Bertz CT molecular complexity index is 1970. The SMILES string of the molecule is CC1(C)c2ccccc2Oc2c(N(c3cccc4c3Sc3ccccc3S4)c3cccc4ccccc34)cccc21. The molecule has 4 heteroatoms. The van der Waals surface area contributed by atoms with E-state index in [1.807, 2.05) is 23.5 Å². The van der Waals surface area contributed by atoms with Crippen LogP contribution in [0.1, 0.15) is 25.0 Å². The Morgan fingerprint density at radius 1 is 0.537 bits per heavy atom. The van der Waals surface area contributed by atoms with Crippen LogP contribution >= 0.6 is 23.5 Å².